The molecule has 0 N–H and O–H groups in total. The van der Waals surface area contributed by atoms with Gasteiger partial charge in [0.2, 0.25) is 5.43 Å². The molecule has 0 aliphatic heterocycles. The summed E-state index contributed by atoms with van der Waals surface area (Å²) in [5.74, 6) is 0. The van der Waals surface area contributed by atoms with Gasteiger partial charge in [-0.05, 0) is 60.7 Å². The van der Waals surface area contributed by atoms with Gasteiger partial charge in [-0.3, -0.25) is 4.79 Å². The standard InChI is InChI=1S/C31H19NO2S/c33-31-25-17-22(32(20-9-3-1-4-10-20)21-11-5-2-6-12-21)15-16-27(25)34-28-19-30-24(18-26(28)31)23-13-7-8-14-29(23)35-30/h1-19H. The highest BCUT2D eigenvalue weighted by Crippen LogP contribution is 2.38. The smallest absolute Gasteiger partial charge is 0.200 e. The number of nitrogens with zero attached hydrogens (tertiary/aromatic N) is 1. The van der Waals surface area contributed by atoms with E-state index in [1.54, 1.807) is 11.3 Å². The molecule has 35 heavy (non-hydrogen) atoms. The summed E-state index contributed by atoms with van der Waals surface area (Å²) in [6.45, 7) is 0. The second-order valence-corrected chi connectivity index (χ2v) is 9.64. The third-order valence-corrected chi connectivity index (χ3v) is 7.57. The van der Waals surface area contributed by atoms with Gasteiger partial charge in [0.05, 0.1) is 10.8 Å². The third kappa shape index (κ3) is 3.22. The minimum Gasteiger partial charge on any atom is -0.456 e. The molecule has 4 heteroatoms. The zero-order chi connectivity index (χ0) is 23.4. The lowest BCUT2D eigenvalue weighted by molar-refractivity contribution is 0.660. The first-order valence-electron chi connectivity index (χ1n) is 11.5. The average molecular weight is 470 g/mol. The summed E-state index contributed by atoms with van der Waals surface area (Å²) in [5.41, 5.74) is 4.15. The zero-order valence-corrected chi connectivity index (χ0v) is 19.5. The van der Waals surface area contributed by atoms with Crippen LogP contribution in [0.3, 0.4) is 0 Å². The van der Waals surface area contributed by atoms with Crippen LogP contribution in [-0.2, 0) is 0 Å². The molecule has 0 saturated carbocycles. The first-order chi connectivity index (χ1) is 17.3. The first kappa shape index (κ1) is 20.0. The number of fused-ring (bicyclic) bond motifs is 5. The maximum absolute atomic E-state index is 13.8. The number of hydrogen-bond donors (Lipinski definition) is 0. The molecule has 0 atom stereocenters. The fourth-order valence-electron chi connectivity index (χ4n) is 4.80. The molecule has 3 nitrogen and oxygen atoms in total. The number of anilines is 3. The zero-order valence-electron chi connectivity index (χ0n) is 18.6. The molecule has 0 amide bonds. The average Bonchev–Trinajstić information content (AvgIpc) is 3.27. The highest BCUT2D eigenvalue weighted by Gasteiger charge is 2.16. The third-order valence-electron chi connectivity index (χ3n) is 6.44. The van der Waals surface area contributed by atoms with Crippen molar-refractivity contribution in [2.45, 2.75) is 0 Å². The number of hydrogen-bond acceptors (Lipinski definition) is 4. The van der Waals surface area contributed by atoms with E-state index >= 15 is 0 Å². The summed E-state index contributed by atoms with van der Waals surface area (Å²) < 4.78 is 8.59. The Balaban J connectivity index is 1.48. The molecule has 5 aromatic carbocycles. The fraction of sp³-hybridized carbons (Fsp3) is 0. The van der Waals surface area contributed by atoms with Gasteiger partial charge in [-0.15, -0.1) is 11.3 Å². The lowest BCUT2D eigenvalue weighted by Crippen LogP contribution is -2.10. The minimum atomic E-state index is -0.0126. The van der Waals surface area contributed by atoms with Gasteiger partial charge in [-0.25, -0.2) is 0 Å². The maximum atomic E-state index is 13.8. The SMILES string of the molecule is O=c1c2cc(N(c3ccccc3)c3ccccc3)ccc2oc2cc3sc4ccccc4c3cc12. The number of para-hydroxylation sites is 2. The molecule has 7 aromatic rings. The summed E-state index contributed by atoms with van der Waals surface area (Å²) >= 11 is 1.72. The van der Waals surface area contributed by atoms with Gasteiger partial charge in [-0.2, -0.15) is 0 Å². The largest absolute Gasteiger partial charge is 0.456 e. The van der Waals surface area contributed by atoms with Gasteiger partial charge in [0.1, 0.15) is 11.2 Å². The van der Waals surface area contributed by atoms with Crippen LogP contribution < -0.4 is 10.3 Å². The number of thiophene rings is 1. The molecule has 0 bridgehead atoms. The van der Waals surface area contributed by atoms with Crippen LogP contribution in [0, 0.1) is 0 Å². The van der Waals surface area contributed by atoms with Gasteiger partial charge in [0, 0.05) is 37.2 Å². The Labute approximate surface area is 205 Å². The maximum Gasteiger partial charge on any atom is 0.200 e. The van der Waals surface area contributed by atoms with Crippen molar-refractivity contribution in [1.29, 1.82) is 0 Å². The van der Waals surface area contributed by atoms with Crippen molar-refractivity contribution in [3.8, 4) is 0 Å². The second kappa shape index (κ2) is 7.83. The number of benzene rings is 5. The number of rotatable bonds is 3. The normalized spacial score (nSPS) is 11.5. The molecule has 0 spiro atoms. The van der Waals surface area contributed by atoms with Crippen LogP contribution >= 0.6 is 11.3 Å². The van der Waals surface area contributed by atoms with Crippen LogP contribution in [0.1, 0.15) is 0 Å². The Morgan fingerprint density at radius 1 is 0.514 bits per heavy atom. The molecule has 0 fully saturated rings. The molecular weight excluding hydrogens is 450 g/mol. The predicted octanol–water partition coefficient (Wildman–Crippen LogP) is 8.78. The van der Waals surface area contributed by atoms with Gasteiger partial charge in [-0.1, -0.05) is 54.6 Å². The quantitative estimate of drug-likeness (QED) is 0.243. The summed E-state index contributed by atoms with van der Waals surface area (Å²) in [6, 6.07) is 38.5. The van der Waals surface area contributed by atoms with Crippen molar-refractivity contribution in [2.75, 3.05) is 4.90 Å². The van der Waals surface area contributed by atoms with E-state index in [9.17, 15) is 4.79 Å². The minimum absolute atomic E-state index is 0.0126. The Morgan fingerprint density at radius 3 is 1.91 bits per heavy atom. The van der Waals surface area contributed by atoms with E-state index in [1.165, 1.54) is 10.1 Å². The highest BCUT2D eigenvalue weighted by atomic mass is 32.1. The molecule has 2 heterocycles. The van der Waals surface area contributed by atoms with Crippen molar-refractivity contribution < 1.29 is 4.42 Å². The lowest BCUT2D eigenvalue weighted by Gasteiger charge is -2.25. The lowest BCUT2D eigenvalue weighted by atomic mass is 10.1. The van der Waals surface area contributed by atoms with Crippen molar-refractivity contribution in [1.82, 2.24) is 0 Å². The summed E-state index contributed by atoms with van der Waals surface area (Å²) in [7, 11) is 0. The van der Waals surface area contributed by atoms with Crippen LogP contribution in [0.2, 0.25) is 0 Å². The summed E-state index contributed by atoms with van der Waals surface area (Å²) in [6.07, 6.45) is 0. The Kier molecular flexibility index (Phi) is 4.47. The Hall–Kier alpha value is -4.41. The van der Waals surface area contributed by atoms with Crippen molar-refractivity contribution in [3.05, 3.63) is 125 Å². The van der Waals surface area contributed by atoms with Crippen LogP contribution in [0.15, 0.2) is 124 Å². The molecule has 0 unspecified atom stereocenters. The molecule has 0 saturated heterocycles. The van der Waals surface area contributed by atoms with E-state index in [1.807, 2.05) is 78.9 Å². The molecule has 7 rings (SSSR count). The molecule has 2 aromatic heterocycles. The van der Waals surface area contributed by atoms with Gasteiger partial charge >= 0.3 is 0 Å². The van der Waals surface area contributed by atoms with E-state index in [0.29, 0.717) is 21.9 Å². The van der Waals surface area contributed by atoms with Gasteiger partial charge in [0.15, 0.2) is 0 Å². The van der Waals surface area contributed by atoms with Crippen LogP contribution in [-0.4, -0.2) is 0 Å². The molecule has 0 aliphatic rings. The predicted molar refractivity (Wildman–Crippen MR) is 148 cm³/mol. The van der Waals surface area contributed by atoms with E-state index in [4.69, 9.17) is 4.42 Å². The summed E-state index contributed by atoms with van der Waals surface area (Å²) in [5, 5.41) is 3.44. The van der Waals surface area contributed by atoms with Crippen molar-refractivity contribution >= 4 is 70.5 Å². The van der Waals surface area contributed by atoms with Gasteiger partial charge in [0.25, 0.3) is 0 Å². The molecule has 0 aliphatic carbocycles. The molecular formula is C31H19NO2S. The topological polar surface area (TPSA) is 33.5 Å². The van der Waals surface area contributed by atoms with Crippen LogP contribution in [0.25, 0.3) is 42.1 Å². The Bertz CT molecular complexity index is 1880. The van der Waals surface area contributed by atoms with E-state index in [0.717, 1.165) is 27.1 Å². The summed E-state index contributed by atoms with van der Waals surface area (Å²) in [4.78, 5) is 15.9. The van der Waals surface area contributed by atoms with Crippen LogP contribution in [0.5, 0.6) is 0 Å². The monoisotopic (exact) mass is 469 g/mol. The second-order valence-electron chi connectivity index (χ2n) is 8.56. The fourth-order valence-corrected chi connectivity index (χ4v) is 5.92. The van der Waals surface area contributed by atoms with Crippen LogP contribution in [0.4, 0.5) is 17.1 Å². The van der Waals surface area contributed by atoms with Gasteiger partial charge < -0.3 is 9.32 Å². The molecule has 166 valence electrons. The highest BCUT2D eigenvalue weighted by molar-refractivity contribution is 7.25. The first-order valence-corrected chi connectivity index (χ1v) is 12.3. The Morgan fingerprint density at radius 2 is 1.17 bits per heavy atom. The van der Waals surface area contributed by atoms with Crippen molar-refractivity contribution in [3.63, 3.8) is 0 Å². The van der Waals surface area contributed by atoms with E-state index < -0.39 is 0 Å². The van der Waals surface area contributed by atoms with Crippen molar-refractivity contribution in [2.24, 2.45) is 0 Å². The molecule has 0 radical (unpaired) electrons. The van der Waals surface area contributed by atoms with E-state index in [-0.39, 0.29) is 5.43 Å². The van der Waals surface area contributed by atoms with E-state index in [2.05, 4.69) is 41.3 Å².